The van der Waals surface area contributed by atoms with Crippen LogP contribution in [0.3, 0.4) is 0 Å². The van der Waals surface area contributed by atoms with Crippen molar-refractivity contribution in [1.29, 1.82) is 0 Å². The Balaban J connectivity index is 1.53. The van der Waals surface area contributed by atoms with Crippen molar-refractivity contribution in [3.8, 4) is 11.1 Å². The molecule has 1 amide bonds. The van der Waals surface area contributed by atoms with E-state index in [1.165, 1.54) is 0 Å². The van der Waals surface area contributed by atoms with E-state index >= 15 is 0 Å². The standard InChI is InChI=1S/C23H26N4O/c1-23(2,3)25-19-9-7-16(8-10-19)18-12-21(26(4)13-18)22(28)27-14-17-6-5-11-24-20(17)15-27/h5-13,25H,14-15H2,1-4H3. The third-order valence-corrected chi connectivity index (χ3v) is 4.94. The van der Waals surface area contributed by atoms with E-state index in [-0.39, 0.29) is 11.4 Å². The van der Waals surface area contributed by atoms with E-state index in [0.29, 0.717) is 18.8 Å². The summed E-state index contributed by atoms with van der Waals surface area (Å²) in [6.07, 6.45) is 3.80. The largest absolute Gasteiger partial charge is 0.380 e. The third kappa shape index (κ3) is 3.65. The molecule has 3 heterocycles. The molecule has 0 aliphatic carbocycles. The molecule has 28 heavy (non-hydrogen) atoms. The SMILES string of the molecule is Cn1cc(-c2ccc(NC(C)(C)C)cc2)cc1C(=O)N1Cc2cccnc2C1. The summed E-state index contributed by atoms with van der Waals surface area (Å²) in [5, 5.41) is 3.47. The van der Waals surface area contributed by atoms with Gasteiger partial charge in [-0.3, -0.25) is 9.78 Å². The minimum Gasteiger partial charge on any atom is -0.380 e. The van der Waals surface area contributed by atoms with Crippen LogP contribution in [-0.4, -0.2) is 25.9 Å². The number of benzene rings is 1. The molecule has 0 unspecified atom stereocenters. The molecule has 144 valence electrons. The summed E-state index contributed by atoms with van der Waals surface area (Å²) in [7, 11) is 1.92. The maximum Gasteiger partial charge on any atom is 0.271 e. The molecule has 3 aromatic rings. The van der Waals surface area contributed by atoms with E-state index < -0.39 is 0 Å². The molecule has 1 aromatic carbocycles. The fourth-order valence-electron chi connectivity index (χ4n) is 3.62. The first-order valence-corrected chi connectivity index (χ1v) is 9.57. The molecule has 0 radical (unpaired) electrons. The number of amides is 1. The van der Waals surface area contributed by atoms with Crippen LogP contribution in [0.1, 0.15) is 42.5 Å². The number of rotatable bonds is 3. The number of carbonyl (C=O) groups excluding carboxylic acids is 1. The van der Waals surface area contributed by atoms with Gasteiger partial charge in [0, 0.05) is 42.8 Å². The summed E-state index contributed by atoms with van der Waals surface area (Å²) in [5.74, 6) is 0.0396. The lowest BCUT2D eigenvalue weighted by atomic mass is 10.1. The zero-order valence-corrected chi connectivity index (χ0v) is 16.9. The summed E-state index contributed by atoms with van der Waals surface area (Å²) in [5.41, 5.74) is 6.07. The summed E-state index contributed by atoms with van der Waals surface area (Å²) in [4.78, 5) is 19.3. The van der Waals surface area contributed by atoms with E-state index in [0.717, 1.165) is 28.1 Å². The van der Waals surface area contributed by atoms with Gasteiger partial charge in [-0.2, -0.15) is 0 Å². The maximum atomic E-state index is 13.1. The number of nitrogens with one attached hydrogen (secondary N) is 1. The van der Waals surface area contributed by atoms with Gasteiger partial charge in [0.1, 0.15) is 5.69 Å². The van der Waals surface area contributed by atoms with Gasteiger partial charge < -0.3 is 14.8 Å². The average Bonchev–Trinajstić information content (AvgIpc) is 3.24. The molecule has 1 aliphatic heterocycles. The van der Waals surface area contributed by atoms with E-state index in [1.807, 2.05) is 40.9 Å². The van der Waals surface area contributed by atoms with Crippen LogP contribution in [0.15, 0.2) is 54.9 Å². The topological polar surface area (TPSA) is 50.2 Å². The van der Waals surface area contributed by atoms with Crippen molar-refractivity contribution < 1.29 is 4.79 Å². The Kier molecular flexibility index (Phi) is 4.46. The van der Waals surface area contributed by atoms with Gasteiger partial charge >= 0.3 is 0 Å². The first-order chi connectivity index (χ1) is 13.3. The number of fused-ring (bicyclic) bond motifs is 1. The van der Waals surface area contributed by atoms with Gasteiger partial charge in [0.05, 0.1) is 12.2 Å². The van der Waals surface area contributed by atoms with Gasteiger partial charge in [0.25, 0.3) is 5.91 Å². The number of nitrogens with zero attached hydrogens (tertiary/aromatic N) is 3. The Morgan fingerprint density at radius 2 is 1.82 bits per heavy atom. The van der Waals surface area contributed by atoms with Gasteiger partial charge in [0.2, 0.25) is 0 Å². The number of carbonyl (C=O) groups is 1. The van der Waals surface area contributed by atoms with Crippen LogP contribution in [0.5, 0.6) is 0 Å². The number of hydrogen-bond acceptors (Lipinski definition) is 3. The minimum atomic E-state index is 0.0238. The lowest BCUT2D eigenvalue weighted by Gasteiger charge is -2.22. The Labute approximate surface area is 166 Å². The fourth-order valence-corrected chi connectivity index (χ4v) is 3.62. The Hall–Kier alpha value is -3.08. The Morgan fingerprint density at radius 1 is 1.07 bits per heavy atom. The van der Waals surface area contributed by atoms with Crippen LogP contribution in [0.25, 0.3) is 11.1 Å². The van der Waals surface area contributed by atoms with Crippen molar-refractivity contribution in [2.75, 3.05) is 5.32 Å². The van der Waals surface area contributed by atoms with Gasteiger partial charge in [0.15, 0.2) is 0 Å². The minimum absolute atomic E-state index is 0.0238. The zero-order valence-electron chi connectivity index (χ0n) is 16.9. The highest BCUT2D eigenvalue weighted by atomic mass is 16.2. The second-order valence-electron chi connectivity index (χ2n) is 8.45. The highest BCUT2D eigenvalue weighted by molar-refractivity contribution is 5.94. The highest BCUT2D eigenvalue weighted by Crippen LogP contribution is 2.27. The highest BCUT2D eigenvalue weighted by Gasteiger charge is 2.26. The van der Waals surface area contributed by atoms with Crippen LogP contribution in [-0.2, 0) is 20.1 Å². The molecule has 5 heteroatoms. The first kappa shape index (κ1) is 18.3. The van der Waals surface area contributed by atoms with E-state index in [2.05, 4.69) is 55.3 Å². The van der Waals surface area contributed by atoms with Gasteiger partial charge in [-0.25, -0.2) is 0 Å². The quantitative estimate of drug-likeness (QED) is 0.737. The van der Waals surface area contributed by atoms with Crippen molar-refractivity contribution in [3.05, 3.63) is 71.8 Å². The van der Waals surface area contributed by atoms with Crippen LogP contribution >= 0.6 is 0 Å². The van der Waals surface area contributed by atoms with Crippen LogP contribution < -0.4 is 5.32 Å². The predicted molar refractivity (Wildman–Crippen MR) is 112 cm³/mol. The smallest absolute Gasteiger partial charge is 0.271 e. The fraction of sp³-hybridized carbons (Fsp3) is 0.304. The number of aromatic nitrogens is 2. The molecule has 4 rings (SSSR count). The maximum absolute atomic E-state index is 13.1. The monoisotopic (exact) mass is 374 g/mol. The molecule has 0 saturated carbocycles. The molecule has 2 aromatic heterocycles. The van der Waals surface area contributed by atoms with Crippen molar-refractivity contribution in [3.63, 3.8) is 0 Å². The second-order valence-corrected chi connectivity index (χ2v) is 8.45. The molecule has 0 atom stereocenters. The second kappa shape index (κ2) is 6.82. The van der Waals surface area contributed by atoms with Crippen molar-refractivity contribution in [2.24, 2.45) is 7.05 Å². The van der Waals surface area contributed by atoms with Crippen molar-refractivity contribution >= 4 is 11.6 Å². The summed E-state index contributed by atoms with van der Waals surface area (Å²) in [6, 6.07) is 14.3. The summed E-state index contributed by atoms with van der Waals surface area (Å²) >= 11 is 0. The molecular formula is C23H26N4O. The molecule has 1 N–H and O–H groups in total. The lowest BCUT2D eigenvalue weighted by Crippen LogP contribution is -2.27. The molecule has 0 fully saturated rings. The molecule has 0 spiro atoms. The van der Waals surface area contributed by atoms with E-state index in [4.69, 9.17) is 0 Å². The summed E-state index contributed by atoms with van der Waals surface area (Å²) in [6.45, 7) is 7.62. The van der Waals surface area contributed by atoms with Crippen LogP contribution in [0.2, 0.25) is 0 Å². The number of aryl methyl sites for hydroxylation is 1. The molecule has 1 aliphatic rings. The molecule has 0 saturated heterocycles. The average molecular weight is 374 g/mol. The Morgan fingerprint density at radius 3 is 2.50 bits per heavy atom. The predicted octanol–water partition coefficient (Wildman–Crippen LogP) is 4.45. The van der Waals surface area contributed by atoms with Crippen LogP contribution in [0, 0.1) is 0 Å². The van der Waals surface area contributed by atoms with Gasteiger partial charge in [-0.15, -0.1) is 0 Å². The van der Waals surface area contributed by atoms with Gasteiger partial charge in [-0.1, -0.05) is 18.2 Å². The third-order valence-electron chi connectivity index (χ3n) is 4.94. The molecular weight excluding hydrogens is 348 g/mol. The zero-order chi connectivity index (χ0) is 19.9. The lowest BCUT2D eigenvalue weighted by molar-refractivity contribution is 0.0741. The Bertz CT molecular complexity index is 987. The van der Waals surface area contributed by atoms with E-state index in [1.54, 1.807) is 6.20 Å². The number of pyridine rings is 1. The first-order valence-electron chi connectivity index (χ1n) is 9.57. The summed E-state index contributed by atoms with van der Waals surface area (Å²) < 4.78 is 1.91. The van der Waals surface area contributed by atoms with Crippen molar-refractivity contribution in [1.82, 2.24) is 14.5 Å². The normalized spacial score (nSPS) is 13.5. The van der Waals surface area contributed by atoms with E-state index in [9.17, 15) is 4.79 Å². The van der Waals surface area contributed by atoms with Gasteiger partial charge in [-0.05, 0) is 56.2 Å². The molecule has 0 bridgehead atoms. The van der Waals surface area contributed by atoms with Crippen molar-refractivity contribution in [2.45, 2.75) is 39.4 Å². The molecule has 5 nitrogen and oxygen atoms in total. The van der Waals surface area contributed by atoms with Crippen LogP contribution in [0.4, 0.5) is 5.69 Å². The number of anilines is 1. The number of hydrogen-bond donors (Lipinski definition) is 1.